The van der Waals surface area contributed by atoms with Crippen LogP contribution in [0.5, 0.6) is 0 Å². The van der Waals surface area contributed by atoms with Crippen LogP contribution in [0.15, 0.2) is 42.6 Å². The first-order valence-electron chi connectivity index (χ1n) is 6.87. The summed E-state index contributed by atoms with van der Waals surface area (Å²) in [6, 6.07) is 10.1. The van der Waals surface area contributed by atoms with Gasteiger partial charge in [0.2, 0.25) is 5.91 Å². The summed E-state index contributed by atoms with van der Waals surface area (Å²) in [4.78, 5) is 30.2. The highest BCUT2D eigenvalue weighted by atomic mass is 35.5. The van der Waals surface area contributed by atoms with Crippen molar-refractivity contribution < 1.29 is 9.59 Å². The Hall–Kier alpha value is -2.40. The van der Waals surface area contributed by atoms with E-state index in [0.29, 0.717) is 22.9 Å². The van der Waals surface area contributed by atoms with E-state index in [1.165, 1.54) is 6.20 Å². The molecule has 0 spiro atoms. The molecule has 0 radical (unpaired) electrons. The van der Waals surface area contributed by atoms with Gasteiger partial charge in [0.15, 0.2) is 0 Å². The number of carbonyl (C=O) groups is 2. The normalized spacial score (nSPS) is 14.6. The van der Waals surface area contributed by atoms with E-state index in [1.807, 2.05) is 18.2 Å². The molecule has 2 heterocycles. The zero-order valence-corrected chi connectivity index (χ0v) is 12.7. The zero-order chi connectivity index (χ0) is 15.7. The van der Waals surface area contributed by atoms with E-state index in [-0.39, 0.29) is 11.8 Å². The molecule has 0 unspecified atom stereocenters. The SMILES string of the molecule is C[C@@H](C(=O)Nc1ccc(Cl)cn1)N1Cc2ccccc2C1=O. The first-order valence-corrected chi connectivity index (χ1v) is 7.25. The van der Waals surface area contributed by atoms with Gasteiger partial charge in [-0.05, 0) is 30.7 Å². The van der Waals surface area contributed by atoms with Crippen LogP contribution < -0.4 is 5.32 Å². The third kappa shape index (κ3) is 2.67. The van der Waals surface area contributed by atoms with Crippen LogP contribution in [-0.4, -0.2) is 27.7 Å². The van der Waals surface area contributed by atoms with Crippen LogP contribution in [0.2, 0.25) is 5.02 Å². The number of fused-ring (bicyclic) bond motifs is 1. The van der Waals surface area contributed by atoms with Gasteiger partial charge in [-0.25, -0.2) is 4.98 Å². The van der Waals surface area contributed by atoms with Gasteiger partial charge in [-0.15, -0.1) is 0 Å². The number of carbonyl (C=O) groups excluding carboxylic acids is 2. The Morgan fingerprint density at radius 2 is 2.09 bits per heavy atom. The molecule has 2 amide bonds. The summed E-state index contributed by atoms with van der Waals surface area (Å²) in [7, 11) is 0. The number of pyridine rings is 1. The smallest absolute Gasteiger partial charge is 0.255 e. The fourth-order valence-electron chi connectivity index (χ4n) is 2.41. The van der Waals surface area contributed by atoms with Gasteiger partial charge in [0.05, 0.1) is 5.02 Å². The van der Waals surface area contributed by atoms with Gasteiger partial charge in [-0.1, -0.05) is 29.8 Å². The average molecular weight is 316 g/mol. The summed E-state index contributed by atoms with van der Waals surface area (Å²) in [6.45, 7) is 2.15. The van der Waals surface area contributed by atoms with Crippen LogP contribution in [0.1, 0.15) is 22.8 Å². The molecule has 1 N–H and O–H groups in total. The monoisotopic (exact) mass is 315 g/mol. The molecule has 5 nitrogen and oxygen atoms in total. The maximum absolute atomic E-state index is 12.4. The molecular weight excluding hydrogens is 302 g/mol. The van der Waals surface area contributed by atoms with Gasteiger partial charge in [-0.2, -0.15) is 0 Å². The van der Waals surface area contributed by atoms with Crippen molar-refractivity contribution in [3.05, 3.63) is 58.7 Å². The lowest BCUT2D eigenvalue weighted by Gasteiger charge is -2.23. The van der Waals surface area contributed by atoms with E-state index >= 15 is 0 Å². The Bertz CT molecular complexity index is 730. The van der Waals surface area contributed by atoms with Gasteiger partial charge in [0.1, 0.15) is 11.9 Å². The minimum atomic E-state index is -0.586. The molecule has 1 aromatic carbocycles. The first kappa shape index (κ1) is 14.5. The lowest BCUT2D eigenvalue weighted by molar-refractivity contribution is -0.120. The predicted octanol–water partition coefficient (Wildman–Crippen LogP) is 2.72. The first-order chi connectivity index (χ1) is 10.6. The van der Waals surface area contributed by atoms with E-state index in [2.05, 4.69) is 10.3 Å². The fourth-order valence-corrected chi connectivity index (χ4v) is 2.52. The van der Waals surface area contributed by atoms with Gasteiger partial charge in [-0.3, -0.25) is 9.59 Å². The molecule has 0 fully saturated rings. The van der Waals surface area contributed by atoms with E-state index < -0.39 is 6.04 Å². The minimum Gasteiger partial charge on any atom is -0.323 e. The molecule has 0 bridgehead atoms. The second kappa shape index (κ2) is 5.77. The Labute approximate surface area is 132 Å². The van der Waals surface area contributed by atoms with Gasteiger partial charge < -0.3 is 10.2 Å². The fraction of sp³-hybridized carbons (Fsp3) is 0.188. The second-order valence-electron chi connectivity index (χ2n) is 5.12. The number of hydrogen-bond donors (Lipinski definition) is 1. The van der Waals surface area contributed by atoms with E-state index in [0.717, 1.165) is 5.56 Å². The number of nitrogens with zero attached hydrogens (tertiary/aromatic N) is 2. The maximum atomic E-state index is 12.4. The van der Waals surface area contributed by atoms with Crippen LogP contribution in [0.3, 0.4) is 0 Å². The third-order valence-electron chi connectivity index (χ3n) is 3.67. The summed E-state index contributed by atoms with van der Waals surface area (Å²) in [6.07, 6.45) is 1.46. The quantitative estimate of drug-likeness (QED) is 0.947. The topological polar surface area (TPSA) is 62.3 Å². The largest absolute Gasteiger partial charge is 0.323 e. The van der Waals surface area contributed by atoms with Crippen LogP contribution >= 0.6 is 11.6 Å². The molecule has 3 rings (SSSR count). The molecule has 0 saturated carbocycles. The number of anilines is 1. The zero-order valence-electron chi connectivity index (χ0n) is 11.9. The Balaban J connectivity index is 1.72. The van der Waals surface area contributed by atoms with Crippen molar-refractivity contribution in [1.29, 1.82) is 0 Å². The molecule has 22 heavy (non-hydrogen) atoms. The summed E-state index contributed by atoms with van der Waals surface area (Å²) in [5.74, 6) is 0.00343. The van der Waals surface area contributed by atoms with Crippen molar-refractivity contribution in [1.82, 2.24) is 9.88 Å². The number of amides is 2. The molecular formula is C16H14ClN3O2. The van der Waals surface area contributed by atoms with Crippen molar-refractivity contribution in [3.63, 3.8) is 0 Å². The van der Waals surface area contributed by atoms with E-state index in [4.69, 9.17) is 11.6 Å². The molecule has 112 valence electrons. The van der Waals surface area contributed by atoms with Crippen molar-refractivity contribution in [2.24, 2.45) is 0 Å². The number of nitrogens with one attached hydrogen (secondary N) is 1. The van der Waals surface area contributed by atoms with Gasteiger partial charge >= 0.3 is 0 Å². The van der Waals surface area contributed by atoms with Crippen molar-refractivity contribution in [2.75, 3.05) is 5.32 Å². The lowest BCUT2D eigenvalue weighted by atomic mass is 10.1. The van der Waals surface area contributed by atoms with Crippen LogP contribution in [0, 0.1) is 0 Å². The molecule has 1 atom stereocenters. The van der Waals surface area contributed by atoms with Gasteiger partial charge in [0, 0.05) is 18.3 Å². The number of halogens is 1. The molecule has 2 aromatic rings. The van der Waals surface area contributed by atoms with Crippen molar-refractivity contribution in [2.45, 2.75) is 19.5 Å². The maximum Gasteiger partial charge on any atom is 0.255 e. The number of benzene rings is 1. The second-order valence-corrected chi connectivity index (χ2v) is 5.55. The summed E-state index contributed by atoms with van der Waals surface area (Å²) in [5.41, 5.74) is 1.60. The highest BCUT2D eigenvalue weighted by Crippen LogP contribution is 2.24. The summed E-state index contributed by atoms with van der Waals surface area (Å²) in [5, 5.41) is 3.19. The van der Waals surface area contributed by atoms with Gasteiger partial charge in [0.25, 0.3) is 5.91 Å². The minimum absolute atomic E-state index is 0.123. The Kier molecular flexibility index (Phi) is 3.81. The van der Waals surface area contributed by atoms with Crippen LogP contribution in [-0.2, 0) is 11.3 Å². The van der Waals surface area contributed by atoms with E-state index in [9.17, 15) is 9.59 Å². The average Bonchev–Trinajstić information content (AvgIpc) is 2.86. The molecule has 1 aromatic heterocycles. The highest BCUT2D eigenvalue weighted by molar-refractivity contribution is 6.30. The highest BCUT2D eigenvalue weighted by Gasteiger charge is 2.33. The third-order valence-corrected chi connectivity index (χ3v) is 3.90. The number of aromatic nitrogens is 1. The standard InChI is InChI=1S/C16H14ClN3O2/c1-10(15(21)19-14-7-6-12(17)8-18-14)20-9-11-4-2-3-5-13(11)16(20)22/h2-8,10H,9H2,1H3,(H,18,19,21)/t10-/m0/s1. The van der Waals surface area contributed by atoms with Crippen LogP contribution in [0.25, 0.3) is 0 Å². The molecule has 1 aliphatic rings. The summed E-state index contributed by atoms with van der Waals surface area (Å²) >= 11 is 5.76. The molecule has 6 heteroatoms. The van der Waals surface area contributed by atoms with Crippen molar-refractivity contribution >= 4 is 29.2 Å². The number of rotatable bonds is 3. The molecule has 1 aliphatic heterocycles. The van der Waals surface area contributed by atoms with Crippen molar-refractivity contribution in [3.8, 4) is 0 Å². The van der Waals surface area contributed by atoms with E-state index in [1.54, 1.807) is 30.0 Å². The number of hydrogen-bond acceptors (Lipinski definition) is 3. The Morgan fingerprint density at radius 1 is 1.32 bits per heavy atom. The van der Waals surface area contributed by atoms with Crippen LogP contribution in [0.4, 0.5) is 5.82 Å². The molecule has 0 aliphatic carbocycles. The summed E-state index contributed by atoms with van der Waals surface area (Å²) < 4.78 is 0. The Morgan fingerprint density at radius 3 is 2.77 bits per heavy atom. The predicted molar refractivity (Wildman–Crippen MR) is 83.7 cm³/mol. The molecule has 0 saturated heterocycles. The lowest BCUT2D eigenvalue weighted by Crippen LogP contribution is -2.42.